The number of aromatic nitrogens is 4. The fourth-order valence-corrected chi connectivity index (χ4v) is 3.52. The number of aryl methyl sites for hydroxylation is 1. The molecule has 0 amide bonds. The van der Waals surface area contributed by atoms with Crippen LogP contribution >= 0.6 is 11.8 Å². The topological polar surface area (TPSA) is 111 Å². The third kappa shape index (κ3) is 3.99. The number of hydrogen-bond donors (Lipinski definition) is 1. The summed E-state index contributed by atoms with van der Waals surface area (Å²) in [4.78, 5) is 32.0. The van der Waals surface area contributed by atoms with Crippen molar-refractivity contribution in [3.63, 3.8) is 0 Å². The lowest BCUT2D eigenvalue weighted by Crippen LogP contribution is -2.15. The maximum atomic E-state index is 12.9. The van der Waals surface area contributed by atoms with Crippen molar-refractivity contribution in [1.29, 1.82) is 0 Å². The molecule has 0 aliphatic rings. The Balaban J connectivity index is 1.76. The first-order valence-corrected chi connectivity index (χ1v) is 9.61. The van der Waals surface area contributed by atoms with Gasteiger partial charge in [-0.15, -0.1) is 10.2 Å². The normalized spacial score (nSPS) is 12.0. The highest BCUT2D eigenvalue weighted by Crippen LogP contribution is 2.29. The molecule has 3 heterocycles. The number of hydrogen-bond acceptors (Lipinski definition) is 8. The molecule has 0 aromatic carbocycles. The van der Waals surface area contributed by atoms with Crippen LogP contribution in [0.4, 0.5) is 0 Å². The zero-order valence-electron chi connectivity index (χ0n) is 16.0. The minimum absolute atomic E-state index is 0.165. The number of ether oxygens (including phenoxy) is 1. The number of aromatic amines is 1. The molecule has 0 aliphatic carbocycles. The summed E-state index contributed by atoms with van der Waals surface area (Å²) in [5.74, 6) is -0.264. The molecule has 9 heteroatoms. The van der Waals surface area contributed by atoms with E-state index in [0.717, 1.165) is 11.8 Å². The SMILES string of the molecule is CCOC(=O)c1c(C)[nH]c(C(=O)C(C)Sc2nnc(-c3cccnc3)o2)c1C. The van der Waals surface area contributed by atoms with Gasteiger partial charge in [-0.3, -0.25) is 9.78 Å². The predicted molar refractivity (Wildman–Crippen MR) is 103 cm³/mol. The fourth-order valence-electron chi connectivity index (χ4n) is 2.78. The number of rotatable bonds is 7. The number of Topliss-reactive ketones (excluding diaryl/α,β-unsaturated/α-hetero) is 1. The average molecular weight is 400 g/mol. The molecule has 0 aliphatic heterocycles. The second-order valence-corrected chi connectivity index (χ2v) is 7.38. The number of pyridine rings is 1. The highest BCUT2D eigenvalue weighted by molar-refractivity contribution is 8.00. The Labute approximate surface area is 166 Å². The Kier molecular flexibility index (Phi) is 5.93. The molecular weight excluding hydrogens is 380 g/mol. The average Bonchev–Trinajstić information content (AvgIpc) is 3.26. The molecule has 1 N–H and O–H groups in total. The van der Waals surface area contributed by atoms with Gasteiger partial charge in [0.25, 0.3) is 5.22 Å². The molecule has 0 bridgehead atoms. The zero-order valence-corrected chi connectivity index (χ0v) is 16.8. The van der Waals surface area contributed by atoms with E-state index >= 15 is 0 Å². The van der Waals surface area contributed by atoms with Gasteiger partial charge in [0.15, 0.2) is 5.78 Å². The first kappa shape index (κ1) is 19.8. The van der Waals surface area contributed by atoms with E-state index in [1.54, 1.807) is 46.2 Å². The molecule has 28 heavy (non-hydrogen) atoms. The first-order valence-electron chi connectivity index (χ1n) is 8.73. The van der Waals surface area contributed by atoms with E-state index in [-0.39, 0.29) is 17.6 Å². The van der Waals surface area contributed by atoms with Crippen LogP contribution in [0.2, 0.25) is 0 Å². The quantitative estimate of drug-likeness (QED) is 0.364. The lowest BCUT2D eigenvalue weighted by Gasteiger charge is -2.07. The van der Waals surface area contributed by atoms with Crippen LogP contribution in [0.5, 0.6) is 0 Å². The zero-order chi connectivity index (χ0) is 20.3. The van der Waals surface area contributed by atoms with Crippen LogP contribution in [-0.2, 0) is 4.74 Å². The molecule has 1 atom stereocenters. The van der Waals surface area contributed by atoms with Crippen LogP contribution in [0.3, 0.4) is 0 Å². The molecule has 3 aromatic rings. The number of nitrogens with one attached hydrogen (secondary N) is 1. The lowest BCUT2D eigenvalue weighted by atomic mass is 10.1. The van der Waals surface area contributed by atoms with Crippen molar-refractivity contribution in [2.24, 2.45) is 0 Å². The number of thioether (sulfide) groups is 1. The van der Waals surface area contributed by atoms with Gasteiger partial charge in [0.05, 0.1) is 28.7 Å². The Morgan fingerprint density at radius 1 is 1.32 bits per heavy atom. The van der Waals surface area contributed by atoms with Crippen molar-refractivity contribution in [1.82, 2.24) is 20.2 Å². The number of ketones is 1. The molecule has 0 saturated heterocycles. The second-order valence-electron chi connectivity index (χ2n) is 6.08. The first-order chi connectivity index (χ1) is 13.4. The smallest absolute Gasteiger partial charge is 0.340 e. The fraction of sp³-hybridized carbons (Fsp3) is 0.316. The Morgan fingerprint density at radius 2 is 2.11 bits per heavy atom. The number of nitrogens with zero attached hydrogens (tertiary/aromatic N) is 3. The van der Waals surface area contributed by atoms with Crippen molar-refractivity contribution in [3.05, 3.63) is 47.0 Å². The Bertz CT molecular complexity index is 997. The van der Waals surface area contributed by atoms with E-state index in [0.29, 0.717) is 34.0 Å². The van der Waals surface area contributed by atoms with Crippen LogP contribution in [-0.4, -0.2) is 43.8 Å². The summed E-state index contributed by atoms with van der Waals surface area (Å²) in [5, 5.41) is 7.77. The Hall–Kier alpha value is -2.94. The molecule has 3 aromatic heterocycles. The van der Waals surface area contributed by atoms with E-state index < -0.39 is 11.2 Å². The highest BCUT2D eigenvalue weighted by atomic mass is 32.2. The molecule has 0 fully saturated rings. The van der Waals surface area contributed by atoms with Gasteiger partial charge in [0, 0.05) is 18.1 Å². The van der Waals surface area contributed by atoms with Crippen LogP contribution in [0.15, 0.2) is 34.2 Å². The lowest BCUT2D eigenvalue weighted by molar-refractivity contribution is 0.0525. The summed E-state index contributed by atoms with van der Waals surface area (Å²) in [6.45, 7) is 7.24. The maximum absolute atomic E-state index is 12.9. The largest absolute Gasteiger partial charge is 0.462 e. The highest BCUT2D eigenvalue weighted by Gasteiger charge is 2.27. The van der Waals surface area contributed by atoms with Gasteiger partial charge in [-0.2, -0.15) is 0 Å². The van der Waals surface area contributed by atoms with Crippen molar-refractivity contribution in [2.45, 2.75) is 38.2 Å². The molecule has 0 saturated carbocycles. The molecule has 0 spiro atoms. The summed E-state index contributed by atoms with van der Waals surface area (Å²) in [5.41, 5.74) is 2.67. The molecule has 146 valence electrons. The van der Waals surface area contributed by atoms with E-state index in [4.69, 9.17) is 9.15 Å². The third-order valence-corrected chi connectivity index (χ3v) is 5.06. The van der Waals surface area contributed by atoms with Crippen LogP contribution < -0.4 is 0 Å². The maximum Gasteiger partial charge on any atom is 0.340 e. The number of H-pyrrole nitrogens is 1. The van der Waals surface area contributed by atoms with Gasteiger partial charge in [-0.05, 0) is 45.4 Å². The van der Waals surface area contributed by atoms with Gasteiger partial charge in [-0.25, -0.2) is 4.79 Å². The molecular formula is C19H20N4O4S. The molecule has 3 rings (SSSR count). The standard InChI is InChI=1S/C19H20N4O4S/c1-5-26-18(25)14-10(2)15(21-11(14)3)16(24)12(4)28-19-23-22-17(27-19)13-7-6-8-20-9-13/h6-9,12,21H,5H2,1-4H3. The summed E-state index contributed by atoms with van der Waals surface area (Å²) in [6.07, 6.45) is 3.28. The van der Waals surface area contributed by atoms with Gasteiger partial charge in [0.1, 0.15) is 0 Å². The number of carbonyl (C=O) groups excluding carboxylic acids is 2. The molecule has 1 unspecified atom stereocenters. The van der Waals surface area contributed by atoms with Crippen molar-refractivity contribution < 1.29 is 18.7 Å². The van der Waals surface area contributed by atoms with E-state index in [9.17, 15) is 9.59 Å². The second kappa shape index (κ2) is 8.39. The van der Waals surface area contributed by atoms with Gasteiger partial charge in [-0.1, -0.05) is 11.8 Å². The summed E-state index contributed by atoms with van der Waals surface area (Å²) >= 11 is 1.16. The van der Waals surface area contributed by atoms with Crippen LogP contribution in [0, 0.1) is 13.8 Å². The third-order valence-electron chi connectivity index (χ3n) is 4.13. The van der Waals surface area contributed by atoms with Crippen molar-refractivity contribution in [3.8, 4) is 11.5 Å². The minimum atomic E-state index is -0.492. The van der Waals surface area contributed by atoms with Crippen molar-refractivity contribution in [2.75, 3.05) is 6.61 Å². The van der Waals surface area contributed by atoms with Crippen LogP contribution in [0.25, 0.3) is 11.5 Å². The number of esters is 1. The van der Waals surface area contributed by atoms with Crippen LogP contribution in [0.1, 0.15) is 46.0 Å². The monoisotopic (exact) mass is 400 g/mol. The number of carbonyl (C=O) groups is 2. The van der Waals surface area contributed by atoms with Gasteiger partial charge < -0.3 is 14.1 Å². The van der Waals surface area contributed by atoms with E-state index in [1.165, 1.54) is 0 Å². The molecule has 0 radical (unpaired) electrons. The van der Waals surface area contributed by atoms with E-state index in [2.05, 4.69) is 20.2 Å². The van der Waals surface area contributed by atoms with Gasteiger partial charge in [0.2, 0.25) is 5.89 Å². The summed E-state index contributed by atoms with van der Waals surface area (Å²) in [7, 11) is 0. The predicted octanol–water partition coefficient (Wildman–Crippen LogP) is 3.62. The summed E-state index contributed by atoms with van der Waals surface area (Å²) in [6, 6.07) is 3.58. The minimum Gasteiger partial charge on any atom is -0.462 e. The Morgan fingerprint density at radius 3 is 2.79 bits per heavy atom. The van der Waals surface area contributed by atoms with E-state index in [1.807, 2.05) is 6.07 Å². The van der Waals surface area contributed by atoms with Gasteiger partial charge >= 0.3 is 5.97 Å². The summed E-state index contributed by atoms with van der Waals surface area (Å²) < 4.78 is 10.7. The molecule has 8 nitrogen and oxygen atoms in total. The van der Waals surface area contributed by atoms with Crippen molar-refractivity contribution >= 4 is 23.5 Å².